The van der Waals surface area contributed by atoms with Crippen LogP contribution >= 0.6 is 0 Å². The maximum Gasteiger partial charge on any atom is 0.243 e. The molecule has 0 spiro atoms. The van der Waals surface area contributed by atoms with Gasteiger partial charge in [-0.2, -0.15) is 9.29 Å². The average Bonchev–Trinajstić information content (AvgIpc) is 3.34. The SMILES string of the molecule is COc1cccc(S(=O)(=O)N2CCCC(c3nc(-c4cccnc4)no3)CCNC(=O)CC2)c1. The van der Waals surface area contributed by atoms with Crippen molar-refractivity contribution in [1.82, 2.24) is 24.7 Å². The summed E-state index contributed by atoms with van der Waals surface area (Å²) in [6, 6.07) is 9.99. The summed E-state index contributed by atoms with van der Waals surface area (Å²) in [7, 11) is -2.31. The Bertz CT molecular complexity index is 1220. The first-order valence-electron chi connectivity index (χ1n) is 11.1. The maximum atomic E-state index is 13.3. The number of aromatic nitrogens is 3. The van der Waals surface area contributed by atoms with Gasteiger partial charge in [0.05, 0.1) is 12.0 Å². The van der Waals surface area contributed by atoms with Crippen LogP contribution in [0.15, 0.2) is 58.2 Å². The second-order valence-corrected chi connectivity index (χ2v) is 9.95. The molecule has 34 heavy (non-hydrogen) atoms. The van der Waals surface area contributed by atoms with Crippen molar-refractivity contribution in [2.45, 2.75) is 36.5 Å². The highest BCUT2D eigenvalue weighted by molar-refractivity contribution is 7.89. The van der Waals surface area contributed by atoms with Crippen molar-refractivity contribution in [2.24, 2.45) is 0 Å². The van der Waals surface area contributed by atoms with E-state index in [4.69, 9.17) is 9.26 Å². The number of sulfonamides is 1. The van der Waals surface area contributed by atoms with E-state index >= 15 is 0 Å². The van der Waals surface area contributed by atoms with Gasteiger partial charge in [-0.25, -0.2) is 8.42 Å². The third-order valence-corrected chi connectivity index (χ3v) is 7.65. The van der Waals surface area contributed by atoms with Gasteiger partial charge in [-0.15, -0.1) is 0 Å². The van der Waals surface area contributed by atoms with Crippen molar-refractivity contribution in [3.8, 4) is 17.1 Å². The zero-order valence-electron chi connectivity index (χ0n) is 18.9. The van der Waals surface area contributed by atoms with Crippen LogP contribution in [-0.2, 0) is 14.8 Å². The van der Waals surface area contributed by atoms with E-state index in [-0.39, 0.29) is 36.2 Å². The number of carbonyl (C=O) groups is 1. The smallest absolute Gasteiger partial charge is 0.243 e. The number of benzene rings is 1. The maximum absolute atomic E-state index is 13.3. The monoisotopic (exact) mass is 485 g/mol. The van der Waals surface area contributed by atoms with Gasteiger partial charge in [-0.05, 0) is 43.5 Å². The lowest BCUT2D eigenvalue weighted by Crippen LogP contribution is -2.35. The quantitative estimate of drug-likeness (QED) is 0.584. The molecular formula is C23H27N5O5S. The molecule has 4 rings (SSSR count). The number of amides is 1. The first-order chi connectivity index (χ1) is 16.5. The predicted molar refractivity (Wildman–Crippen MR) is 124 cm³/mol. The van der Waals surface area contributed by atoms with Crippen LogP contribution in [-0.4, -0.2) is 60.5 Å². The molecule has 1 fully saturated rings. The molecule has 180 valence electrons. The van der Waals surface area contributed by atoms with Crippen LogP contribution in [0.25, 0.3) is 11.4 Å². The molecule has 2 aromatic heterocycles. The van der Waals surface area contributed by atoms with Gasteiger partial charge in [-0.3, -0.25) is 9.78 Å². The highest BCUT2D eigenvalue weighted by Crippen LogP contribution is 2.27. The number of carbonyl (C=O) groups excluding carboxylic acids is 1. The number of hydrogen-bond donors (Lipinski definition) is 1. The van der Waals surface area contributed by atoms with Crippen LogP contribution in [0.4, 0.5) is 0 Å². The Hall–Kier alpha value is -3.31. The highest BCUT2D eigenvalue weighted by Gasteiger charge is 2.27. The first kappa shape index (κ1) is 23.8. The highest BCUT2D eigenvalue weighted by atomic mass is 32.2. The van der Waals surface area contributed by atoms with E-state index in [2.05, 4.69) is 20.4 Å². The fourth-order valence-electron chi connectivity index (χ4n) is 3.88. The lowest BCUT2D eigenvalue weighted by Gasteiger charge is -2.22. The Morgan fingerprint density at radius 2 is 2.06 bits per heavy atom. The predicted octanol–water partition coefficient (Wildman–Crippen LogP) is 2.60. The number of nitrogens with zero attached hydrogens (tertiary/aromatic N) is 4. The molecule has 3 heterocycles. The van der Waals surface area contributed by atoms with E-state index in [1.54, 1.807) is 30.6 Å². The van der Waals surface area contributed by atoms with Crippen LogP contribution in [0.3, 0.4) is 0 Å². The summed E-state index contributed by atoms with van der Waals surface area (Å²) in [6.07, 6.45) is 5.24. The van der Waals surface area contributed by atoms with E-state index in [9.17, 15) is 13.2 Å². The van der Waals surface area contributed by atoms with E-state index in [1.807, 2.05) is 6.07 Å². The van der Waals surface area contributed by atoms with Crippen LogP contribution in [0, 0.1) is 0 Å². The minimum Gasteiger partial charge on any atom is -0.497 e. The molecule has 10 nitrogen and oxygen atoms in total. The van der Waals surface area contributed by atoms with Gasteiger partial charge in [0.2, 0.25) is 27.6 Å². The zero-order valence-corrected chi connectivity index (χ0v) is 19.7. The Balaban J connectivity index is 1.52. The standard InChI is InChI=1S/C23H27N5O5S/c1-32-19-7-2-8-20(15-19)34(30,31)28-13-4-6-17(9-12-25-21(29)10-14-28)23-26-22(27-33-23)18-5-3-11-24-16-18/h2-3,5,7-8,11,15-17H,4,6,9-10,12-14H2,1H3,(H,25,29). The van der Waals surface area contributed by atoms with Crippen molar-refractivity contribution >= 4 is 15.9 Å². The third-order valence-electron chi connectivity index (χ3n) is 5.75. The fraction of sp³-hybridized carbons (Fsp3) is 0.391. The number of nitrogens with one attached hydrogen (secondary N) is 1. The summed E-state index contributed by atoms with van der Waals surface area (Å²) in [6.45, 7) is 0.811. The van der Waals surface area contributed by atoms with Crippen molar-refractivity contribution in [1.29, 1.82) is 0 Å². The Morgan fingerprint density at radius 1 is 1.18 bits per heavy atom. The summed E-state index contributed by atoms with van der Waals surface area (Å²) in [5.41, 5.74) is 0.748. The minimum atomic E-state index is -3.80. The van der Waals surface area contributed by atoms with E-state index in [0.29, 0.717) is 43.3 Å². The van der Waals surface area contributed by atoms with Gasteiger partial charge in [-0.1, -0.05) is 11.2 Å². The number of hydrogen-bond acceptors (Lipinski definition) is 8. The number of methoxy groups -OCH3 is 1. The van der Waals surface area contributed by atoms with Crippen molar-refractivity contribution in [3.05, 3.63) is 54.7 Å². The Morgan fingerprint density at radius 3 is 2.85 bits per heavy atom. The summed E-state index contributed by atoms with van der Waals surface area (Å²) >= 11 is 0. The van der Waals surface area contributed by atoms with E-state index < -0.39 is 10.0 Å². The topological polar surface area (TPSA) is 128 Å². The van der Waals surface area contributed by atoms with Crippen molar-refractivity contribution < 1.29 is 22.5 Å². The van der Waals surface area contributed by atoms with Crippen molar-refractivity contribution in [3.63, 3.8) is 0 Å². The molecule has 0 radical (unpaired) electrons. The van der Waals surface area contributed by atoms with Gasteiger partial charge in [0, 0.05) is 56.0 Å². The Labute approximate surface area is 198 Å². The molecule has 11 heteroatoms. The second-order valence-electron chi connectivity index (χ2n) is 8.01. The molecule has 1 amide bonds. The molecule has 1 atom stereocenters. The molecule has 1 aromatic carbocycles. The average molecular weight is 486 g/mol. The molecule has 1 saturated heterocycles. The molecule has 0 bridgehead atoms. The summed E-state index contributed by atoms with van der Waals surface area (Å²) in [5, 5.41) is 6.94. The second kappa shape index (κ2) is 10.7. The molecular weight excluding hydrogens is 458 g/mol. The van der Waals surface area contributed by atoms with Crippen molar-refractivity contribution in [2.75, 3.05) is 26.7 Å². The fourth-order valence-corrected chi connectivity index (χ4v) is 5.40. The molecule has 1 aliphatic rings. The molecule has 1 N–H and O–H groups in total. The molecule has 1 unspecified atom stereocenters. The minimum absolute atomic E-state index is 0.0829. The lowest BCUT2D eigenvalue weighted by atomic mass is 9.99. The van der Waals surface area contributed by atoms with Gasteiger partial charge in [0.15, 0.2) is 0 Å². The van der Waals surface area contributed by atoms with Crippen LogP contribution < -0.4 is 10.1 Å². The third kappa shape index (κ3) is 5.60. The Kier molecular flexibility index (Phi) is 7.53. The van der Waals surface area contributed by atoms with E-state index in [1.165, 1.54) is 23.5 Å². The molecule has 1 aliphatic heterocycles. The summed E-state index contributed by atoms with van der Waals surface area (Å²) in [5.74, 6) is 1.06. The zero-order chi connectivity index (χ0) is 24.0. The van der Waals surface area contributed by atoms with Gasteiger partial charge < -0.3 is 14.6 Å². The van der Waals surface area contributed by atoms with E-state index in [0.717, 1.165) is 5.56 Å². The number of rotatable bonds is 5. The molecule has 3 aromatic rings. The van der Waals surface area contributed by atoms with Gasteiger partial charge in [0.1, 0.15) is 5.75 Å². The van der Waals surface area contributed by atoms with Crippen LogP contribution in [0.5, 0.6) is 5.75 Å². The first-order valence-corrected chi connectivity index (χ1v) is 12.6. The largest absolute Gasteiger partial charge is 0.497 e. The van der Waals surface area contributed by atoms with Gasteiger partial charge >= 0.3 is 0 Å². The number of ether oxygens (including phenoxy) is 1. The summed E-state index contributed by atoms with van der Waals surface area (Å²) < 4.78 is 38.7. The van der Waals surface area contributed by atoms with Gasteiger partial charge in [0.25, 0.3) is 0 Å². The normalized spacial score (nSPS) is 18.6. The number of pyridine rings is 1. The molecule has 0 saturated carbocycles. The van der Waals surface area contributed by atoms with Crippen LogP contribution in [0.1, 0.15) is 37.5 Å². The van der Waals surface area contributed by atoms with Crippen LogP contribution in [0.2, 0.25) is 0 Å². The lowest BCUT2D eigenvalue weighted by molar-refractivity contribution is -0.121. The molecule has 0 aliphatic carbocycles. The summed E-state index contributed by atoms with van der Waals surface area (Å²) in [4.78, 5) is 21.1.